The summed E-state index contributed by atoms with van der Waals surface area (Å²) in [4.78, 5) is 25.3. The van der Waals surface area contributed by atoms with Crippen LogP contribution in [0.3, 0.4) is 0 Å². The molecule has 0 fully saturated rings. The number of anilines is 2. The molecule has 176 valence electrons. The van der Waals surface area contributed by atoms with Crippen molar-refractivity contribution in [3.8, 4) is 0 Å². The molecule has 0 aromatic heterocycles. The van der Waals surface area contributed by atoms with E-state index in [9.17, 15) is 9.59 Å². The number of carbonyl (C=O) groups is 2. The fraction of sp³-hybridized carbons (Fsp3) is 0.231. The Morgan fingerprint density at radius 1 is 1.06 bits per heavy atom. The first-order chi connectivity index (χ1) is 16.3. The van der Waals surface area contributed by atoms with Crippen molar-refractivity contribution in [3.63, 3.8) is 0 Å². The molecule has 0 saturated heterocycles. The average Bonchev–Trinajstić information content (AvgIpc) is 3.17. The fourth-order valence-corrected chi connectivity index (χ4v) is 4.25. The van der Waals surface area contributed by atoms with Crippen LogP contribution in [0.15, 0.2) is 78.6 Å². The number of nitrogens with zero attached hydrogens (tertiary/aromatic N) is 1. The van der Waals surface area contributed by atoms with Crippen molar-refractivity contribution in [2.75, 3.05) is 16.9 Å². The predicted molar refractivity (Wildman–Crippen MR) is 144 cm³/mol. The van der Waals surface area contributed by atoms with Gasteiger partial charge >= 0.3 is 12.0 Å². The number of esters is 1. The second-order valence-corrected chi connectivity index (χ2v) is 10.1. The predicted octanol–water partition coefficient (Wildman–Crippen LogP) is 5.79. The Hall–Kier alpha value is -3.11. The number of hydrogen-bond donors (Lipinski definition) is 3. The molecule has 3 aromatic rings. The molecule has 1 aliphatic rings. The zero-order valence-electron chi connectivity index (χ0n) is 19.3. The Bertz CT molecular complexity index is 1250. The standard InChI is InChI=1S/C26H27IN4O3/c1-4-34-24(32)19-11-7-12-20(15-19)31-23(16-26(27,30-31)17(2)3)29-25(33)28-22-14-8-10-18-9-5-6-13-21(18)22/h5-17,30H,4H2,1-3H3,(H2,28,29,33). The van der Waals surface area contributed by atoms with Crippen LogP contribution in [-0.2, 0) is 4.74 Å². The third-order valence-electron chi connectivity index (χ3n) is 5.61. The molecule has 0 saturated carbocycles. The largest absolute Gasteiger partial charge is 0.462 e. The number of benzene rings is 3. The van der Waals surface area contributed by atoms with Gasteiger partial charge in [0.05, 0.1) is 23.5 Å². The number of fused-ring (bicyclic) bond motifs is 1. The van der Waals surface area contributed by atoms with E-state index in [4.69, 9.17) is 4.74 Å². The molecule has 0 aliphatic carbocycles. The normalized spacial score (nSPS) is 17.6. The van der Waals surface area contributed by atoms with Crippen molar-refractivity contribution in [2.24, 2.45) is 5.92 Å². The number of hydrogen-bond acceptors (Lipinski definition) is 5. The van der Waals surface area contributed by atoms with Gasteiger partial charge in [0.25, 0.3) is 0 Å². The second-order valence-electron chi connectivity index (χ2n) is 8.28. The van der Waals surface area contributed by atoms with Crippen molar-refractivity contribution in [3.05, 3.63) is 84.2 Å². The van der Waals surface area contributed by atoms with E-state index in [0.29, 0.717) is 23.7 Å². The topological polar surface area (TPSA) is 82.7 Å². The second kappa shape index (κ2) is 10.0. The first-order valence-electron chi connectivity index (χ1n) is 11.1. The highest BCUT2D eigenvalue weighted by atomic mass is 127. The van der Waals surface area contributed by atoms with Crippen LogP contribution in [-0.4, -0.2) is 22.2 Å². The smallest absolute Gasteiger partial charge is 0.338 e. The minimum Gasteiger partial charge on any atom is -0.462 e. The first kappa shape index (κ1) is 24.0. The first-order valence-corrected chi connectivity index (χ1v) is 12.2. The summed E-state index contributed by atoms with van der Waals surface area (Å²) in [5, 5.41) is 9.74. The molecule has 3 N–H and O–H groups in total. The van der Waals surface area contributed by atoms with Crippen LogP contribution in [0.4, 0.5) is 16.2 Å². The lowest BCUT2D eigenvalue weighted by molar-refractivity contribution is 0.0526. The summed E-state index contributed by atoms with van der Waals surface area (Å²) in [5.41, 5.74) is 5.34. The highest BCUT2D eigenvalue weighted by molar-refractivity contribution is 14.1. The molecule has 4 rings (SSSR count). The Labute approximate surface area is 212 Å². The number of urea groups is 1. The zero-order valence-corrected chi connectivity index (χ0v) is 21.4. The molecule has 0 bridgehead atoms. The SMILES string of the molecule is CCOC(=O)c1cccc(N2NC(I)(C(C)C)C=C2NC(=O)Nc2cccc3ccccc23)c1. The van der Waals surface area contributed by atoms with Gasteiger partial charge in [-0.3, -0.25) is 10.3 Å². The maximum absolute atomic E-state index is 13.0. The zero-order chi connectivity index (χ0) is 24.3. The number of halogens is 1. The number of amides is 2. The maximum atomic E-state index is 13.0. The van der Waals surface area contributed by atoms with Crippen LogP contribution >= 0.6 is 22.6 Å². The van der Waals surface area contributed by atoms with Crippen molar-refractivity contribution in [1.82, 2.24) is 10.7 Å². The Morgan fingerprint density at radius 2 is 1.79 bits per heavy atom. The summed E-state index contributed by atoms with van der Waals surface area (Å²) in [7, 11) is 0. The molecule has 0 spiro atoms. The molecule has 2 amide bonds. The van der Waals surface area contributed by atoms with Gasteiger partial charge in [0, 0.05) is 5.39 Å². The Kier molecular flexibility index (Phi) is 7.08. The molecule has 1 heterocycles. The Balaban J connectivity index is 1.60. The summed E-state index contributed by atoms with van der Waals surface area (Å²) in [6.07, 6.45) is 1.98. The van der Waals surface area contributed by atoms with E-state index >= 15 is 0 Å². The van der Waals surface area contributed by atoms with Gasteiger partial charge in [-0.15, -0.1) is 0 Å². The molecule has 0 radical (unpaired) electrons. The Morgan fingerprint density at radius 3 is 2.56 bits per heavy atom. The van der Waals surface area contributed by atoms with Gasteiger partial charge < -0.3 is 10.1 Å². The van der Waals surface area contributed by atoms with Gasteiger partial charge in [-0.2, -0.15) is 0 Å². The summed E-state index contributed by atoms with van der Waals surface area (Å²) < 4.78 is 4.71. The summed E-state index contributed by atoms with van der Waals surface area (Å²) in [6, 6.07) is 20.4. The average molecular weight is 570 g/mol. The summed E-state index contributed by atoms with van der Waals surface area (Å²) in [6.45, 7) is 6.27. The molecule has 1 atom stereocenters. The number of nitrogens with one attached hydrogen (secondary N) is 3. The van der Waals surface area contributed by atoms with Gasteiger partial charge in [0.15, 0.2) is 0 Å². The fourth-order valence-electron chi connectivity index (χ4n) is 3.71. The van der Waals surface area contributed by atoms with Crippen LogP contribution in [0.5, 0.6) is 0 Å². The van der Waals surface area contributed by atoms with Crippen molar-refractivity contribution < 1.29 is 14.3 Å². The lowest BCUT2D eigenvalue weighted by Crippen LogP contribution is -2.48. The van der Waals surface area contributed by atoms with Gasteiger partial charge in [-0.1, -0.05) is 78.9 Å². The van der Waals surface area contributed by atoms with Crippen molar-refractivity contribution >= 4 is 56.7 Å². The van der Waals surface area contributed by atoms with Gasteiger partial charge in [-0.25, -0.2) is 15.0 Å². The highest BCUT2D eigenvalue weighted by Gasteiger charge is 2.39. The summed E-state index contributed by atoms with van der Waals surface area (Å²) >= 11 is 2.34. The van der Waals surface area contributed by atoms with Crippen LogP contribution < -0.4 is 21.1 Å². The number of rotatable bonds is 6. The lowest BCUT2D eigenvalue weighted by Gasteiger charge is -2.30. The molecule has 8 heteroatoms. The number of alkyl halides is 1. The molecule has 34 heavy (non-hydrogen) atoms. The third-order valence-corrected chi connectivity index (χ3v) is 7.40. The highest BCUT2D eigenvalue weighted by Crippen LogP contribution is 2.36. The van der Waals surface area contributed by atoms with E-state index in [1.165, 1.54) is 0 Å². The van der Waals surface area contributed by atoms with Crippen LogP contribution in [0, 0.1) is 5.92 Å². The lowest BCUT2D eigenvalue weighted by atomic mass is 10.1. The number of carbonyl (C=O) groups excluding carboxylic acids is 2. The molecule has 7 nitrogen and oxygen atoms in total. The molecule has 1 unspecified atom stereocenters. The van der Waals surface area contributed by atoms with E-state index in [2.05, 4.69) is 52.5 Å². The van der Waals surface area contributed by atoms with Crippen LogP contribution in [0.2, 0.25) is 0 Å². The summed E-state index contributed by atoms with van der Waals surface area (Å²) in [5.74, 6) is 0.409. The van der Waals surface area contributed by atoms with Crippen molar-refractivity contribution in [2.45, 2.75) is 24.3 Å². The van der Waals surface area contributed by atoms with Crippen LogP contribution in [0.1, 0.15) is 31.1 Å². The van der Waals surface area contributed by atoms with E-state index in [0.717, 1.165) is 16.5 Å². The quantitative estimate of drug-likeness (QED) is 0.151. The van der Waals surface area contributed by atoms with E-state index in [-0.39, 0.29) is 17.9 Å². The maximum Gasteiger partial charge on any atom is 0.338 e. The van der Waals surface area contributed by atoms with Crippen LogP contribution in [0.25, 0.3) is 10.8 Å². The number of ether oxygens (including phenoxy) is 1. The van der Waals surface area contributed by atoms with Gasteiger partial charge in [-0.05, 0) is 48.6 Å². The molecule has 3 aromatic carbocycles. The number of hydrazine groups is 1. The molecular formula is C26H27IN4O3. The molecule has 1 aliphatic heterocycles. The van der Waals surface area contributed by atoms with E-state index < -0.39 is 3.55 Å². The minimum atomic E-state index is -0.431. The van der Waals surface area contributed by atoms with Crippen molar-refractivity contribution in [1.29, 1.82) is 0 Å². The monoisotopic (exact) mass is 570 g/mol. The van der Waals surface area contributed by atoms with Gasteiger partial charge in [0.2, 0.25) is 0 Å². The van der Waals surface area contributed by atoms with Gasteiger partial charge in [0.1, 0.15) is 9.37 Å². The molecular weight excluding hydrogens is 543 g/mol. The van der Waals surface area contributed by atoms with E-state index in [1.807, 2.05) is 54.6 Å². The van der Waals surface area contributed by atoms with E-state index in [1.54, 1.807) is 30.1 Å². The minimum absolute atomic E-state index is 0.226. The third kappa shape index (κ3) is 5.02.